The van der Waals surface area contributed by atoms with Crippen molar-refractivity contribution in [1.82, 2.24) is 4.90 Å². The van der Waals surface area contributed by atoms with Crippen molar-refractivity contribution >= 4 is 5.91 Å². The van der Waals surface area contributed by atoms with Crippen molar-refractivity contribution < 1.29 is 27.5 Å². The molecule has 0 saturated carbocycles. The van der Waals surface area contributed by atoms with Crippen LogP contribution in [0.3, 0.4) is 0 Å². The predicted octanol–water partition coefficient (Wildman–Crippen LogP) is 2.52. The number of carbonyl (C=O) groups is 1. The molecule has 0 fully saturated rings. The van der Waals surface area contributed by atoms with Crippen molar-refractivity contribution in [3.8, 4) is 5.75 Å². The molecular weight excluding hydrogens is 315 g/mol. The van der Waals surface area contributed by atoms with Gasteiger partial charge >= 0.3 is 6.18 Å². The highest BCUT2D eigenvalue weighted by Crippen LogP contribution is 2.33. The van der Waals surface area contributed by atoms with Gasteiger partial charge in [0.1, 0.15) is 12.0 Å². The van der Waals surface area contributed by atoms with Gasteiger partial charge in [-0.25, -0.2) is 0 Å². The second-order valence-corrected chi connectivity index (χ2v) is 5.13. The molecule has 0 bridgehead atoms. The van der Waals surface area contributed by atoms with E-state index < -0.39 is 28.8 Å². The fourth-order valence-corrected chi connectivity index (χ4v) is 2.40. The zero-order valence-corrected chi connectivity index (χ0v) is 11.6. The smallest absolute Gasteiger partial charge is 0.416 e. The lowest BCUT2D eigenvalue weighted by Crippen LogP contribution is -2.23. The van der Waals surface area contributed by atoms with E-state index in [2.05, 4.69) is 0 Å². The molecule has 5 nitrogen and oxygen atoms in total. The highest BCUT2D eigenvalue weighted by Gasteiger charge is 2.34. The summed E-state index contributed by atoms with van der Waals surface area (Å²) >= 11 is 0. The van der Waals surface area contributed by atoms with Crippen LogP contribution in [0.4, 0.5) is 13.2 Å². The molecule has 0 atom stereocenters. The first-order valence-corrected chi connectivity index (χ1v) is 6.56. The highest BCUT2D eigenvalue weighted by molar-refractivity contribution is 5.98. The number of carbonyl (C=O) groups excluding carboxylic acids is 1. The first-order chi connectivity index (χ1) is 10.8. The molecule has 23 heavy (non-hydrogen) atoms. The molecule has 120 valence electrons. The number of hydrogen-bond donors (Lipinski definition) is 1. The van der Waals surface area contributed by atoms with Crippen molar-refractivity contribution in [2.45, 2.75) is 19.3 Å². The summed E-state index contributed by atoms with van der Waals surface area (Å²) in [7, 11) is 0. The van der Waals surface area contributed by atoms with Gasteiger partial charge in [0.2, 0.25) is 5.43 Å². The number of aromatic hydroxyl groups is 1. The monoisotopic (exact) mass is 325 g/mol. The average Bonchev–Trinajstić information content (AvgIpc) is 2.78. The molecule has 1 amide bonds. The summed E-state index contributed by atoms with van der Waals surface area (Å²) in [6, 6.07) is 3.99. The maximum absolute atomic E-state index is 12.7. The van der Waals surface area contributed by atoms with Crippen LogP contribution in [-0.2, 0) is 19.3 Å². The molecule has 0 aliphatic carbocycles. The standard InChI is InChI=1S/C15H10F3NO4/c16-15(17,18)9-1-2-11-8(3-9)5-19(14(11)22)6-10-4-12(20)13(21)7-23-10/h1-4,7,21H,5-6H2. The van der Waals surface area contributed by atoms with Crippen molar-refractivity contribution in [3.05, 3.63) is 63.2 Å². The van der Waals surface area contributed by atoms with Crippen molar-refractivity contribution in [1.29, 1.82) is 0 Å². The Balaban J connectivity index is 1.85. The lowest BCUT2D eigenvalue weighted by atomic mass is 10.1. The SMILES string of the molecule is O=C1c2ccc(C(F)(F)F)cc2CN1Cc1cc(=O)c(O)co1. The van der Waals surface area contributed by atoms with Crippen LogP contribution >= 0.6 is 0 Å². The lowest BCUT2D eigenvalue weighted by molar-refractivity contribution is -0.137. The third-order valence-corrected chi connectivity index (χ3v) is 3.52. The predicted molar refractivity (Wildman–Crippen MR) is 71.7 cm³/mol. The minimum atomic E-state index is -4.48. The normalized spacial score (nSPS) is 14.2. The van der Waals surface area contributed by atoms with E-state index in [1.807, 2.05) is 0 Å². The van der Waals surface area contributed by atoms with Crippen LogP contribution in [0, 0.1) is 0 Å². The van der Waals surface area contributed by atoms with Crippen LogP contribution in [0.15, 0.2) is 39.7 Å². The van der Waals surface area contributed by atoms with Gasteiger partial charge in [-0.15, -0.1) is 0 Å². The molecule has 1 aliphatic heterocycles. The van der Waals surface area contributed by atoms with E-state index in [0.29, 0.717) is 0 Å². The summed E-state index contributed by atoms with van der Waals surface area (Å²) in [5.41, 5.74) is -1.01. The van der Waals surface area contributed by atoms with Gasteiger partial charge in [-0.3, -0.25) is 9.59 Å². The van der Waals surface area contributed by atoms with Gasteiger partial charge < -0.3 is 14.4 Å². The van der Waals surface area contributed by atoms with Gasteiger partial charge in [-0.1, -0.05) is 0 Å². The fraction of sp³-hybridized carbons (Fsp3) is 0.200. The van der Waals surface area contributed by atoms with Crippen LogP contribution in [0.1, 0.15) is 27.2 Å². The van der Waals surface area contributed by atoms with E-state index in [-0.39, 0.29) is 30.0 Å². The van der Waals surface area contributed by atoms with Crippen LogP contribution in [0.2, 0.25) is 0 Å². The van der Waals surface area contributed by atoms with Crippen LogP contribution < -0.4 is 5.43 Å². The first-order valence-electron chi connectivity index (χ1n) is 6.56. The average molecular weight is 325 g/mol. The Morgan fingerprint density at radius 1 is 1.22 bits per heavy atom. The Labute approximate surface area is 127 Å². The highest BCUT2D eigenvalue weighted by atomic mass is 19.4. The van der Waals surface area contributed by atoms with Crippen LogP contribution in [0.25, 0.3) is 0 Å². The number of alkyl halides is 3. The minimum Gasteiger partial charge on any atom is -0.502 e. The van der Waals surface area contributed by atoms with E-state index in [4.69, 9.17) is 9.52 Å². The van der Waals surface area contributed by atoms with Gasteiger partial charge in [-0.05, 0) is 23.8 Å². The van der Waals surface area contributed by atoms with Crippen LogP contribution in [-0.4, -0.2) is 15.9 Å². The van der Waals surface area contributed by atoms with E-state index in [1.54, 1.807) is 0 Å². The summed E-state index contributed by atoms with van der Waals surface area (Å²) in [4.78, 5) is 24.8. The first kappa shape index (κ1) is 15.1. The molecule has 2 heterocycles. The molecule has 1 aromatic carbocycles. The molecule has 8 heteroatoms. The number of fused-ring (bicyclic) bond motifs is 1. The summed E-state index contributed by atoms with van der Waals surface area (Å²) in [5.74, 6) is -0.867. The Bertz CT molecular complexity index is 841. The Morgan fingerprint density at radius 3 is 2.61 bits per heavy atom. The quantitative estimate of drug-likeness (QED) is 0.921. The molecule has 0 radical (unpaired) electrons. The van der Waals surface area contributed by atoms with Gasteiger partial charge in [0.15, 0.2) is 5.75 Å². The third-order valence-electron chi connectivity index (χ3n) is 3.52. The van der Waals surface area contributed by atoms with E-state index in [9.17, 15) is 22.8 Å². The van der Waals surface area contributed by atoms with Gasteiger partial charge in [0, 0.05) is 18.2 Å². The van der Waals surface area contributed by atoms with Gasteiger partial charge in [0.05, 0.1) is 12.1 Å². The molecule has 2 aromatic rings. The van der Waals surface area contributed by atoms with Crippen LogP contribution in [0.5, 0.6) is 5.75 Å². The van der Waals surface area contributed by atoms with E-state index in [1.165, 1.54) is 4.90 Å². The molecular formula is C15H10F3NO4. The third kappa shape index (κ3) is 2.79. The number of amides is 1. The van der Waals surface area contributed by atoms with E-state index in [0.717, 1.165) is 30.5 Å². The zero-order chi connectivity index (χ0) is 16.8. The minimum absolute atomic E-state index is 0.0112. The second kappa shape index (κ2) is 5.15. The van der Waals surface area contributed by atoms with Gasteiger partial charge in [-0.2, -0.15) is 13.2 Å². The molecule has 1 N–H and O–H groups in total. The number of benzene rings is 1. The number of halogens is 3. The van der Waals surface area contributed by atoms with Gasteiger partial charge in [0.25, 0.3) is 5.91 Å². The summed E-state index contributed by atoms with van der Waals surface area (Å²) in [6.07, 6.45) is -3.62. The van der Waals surface area contributed by atoms with Crippen molar-refractivity contribution in [2.75, 3.05) is 0 Å². The number of nitrogens with zero attached hydrogens (tertiary/aromatic N) is 1. The summed E-state index contributed by atoms with van der Waals surface area (Å²) in [5, 5.41) is 9.11. The van der Waals surface area contributed by atoms with Crippen molar-refractivity contribution in [3.63, 3.8) is 0 Å². The van der Waals surface area contributed by atoms with E-state index >= 15 is 0 Å². The summed E-state index contributed by atoms with van der Waals surface area (Å²) < 4.78 is 43.1. The summed E-state index contributed by atoms with van der Waals surface area (Å²) in [6.45, 7) is -0.0902. The molecule has 0 spiro atoms. The molecule has 1 aliphatic rings. The molecule has 0 unspecified atom stereocenters. The molecule has 1 aromatic heterocycles. The number of rotatable bonds is 2. The maximum Gasteiger partial charge on any atom is 0.416 e. The Hall–Kier alpha value is -2.77. The second-order valence-electron chi connectivity index (χ2n) is 5.13. The molecule has 3 rings (SSSR count). The molecule has 0 saturated heterocycles. The number of hydrogen-bond acceptors (Lipinski definition) is 4. The maximum atomic E-state index is 12.7. The largest absolute Gasteiger partial charge is 0.502 e. The fourth-order valence-electron chi connectivity index (χ4n) is 2.40. The lowest BCUT2D eigenvalue weighted by Gasteiger charge is -2.14. The topological polar surface area (TPSA) is 70.8 Å². The zero-order valence-electron chi connectivity index (χ0n) is 11.6. The Kier molecular flexibility index (Phi) is 3.39. The van der Waals surface area contributed by atoms with Crippen molar-refractivity contribution in [2.24, 2.45) is 0 Å². The Morgan fingerprint density at radius 2 is 1.96 bits per heavy atom.